The number of rotatable bonds is 18. The molecule has 0 fully saturated rings. The Bertz CT molecular complexity index is 1340. The Hall–Kier alpha value is -3.52. The van der Waals surface area contributed by atoms with Crippen LogP contribution >= 0.6 is 0 Å². The van der Waals surface area contributed by atoms with Gasteiger partial charge in [0, 0.05) is 23.2 Å². The Morgan fingerprint density at radius 1 is 0.409 bits per heavy atom. The molecule has 2 nitrogen and oxygen atoms in total. The van der Waals surface area contributed by atoms with Crippen molar-refractivity contribution in [2.75, 3.05) is 11.5 Å². The molecule has 4 N–H and O–H groups in total. The van der Waals surface area contributed by atoms with Crippen LogP contribution in [0.3, 0.4) is 0 Å². The van der Waals surface area contributed by atoms with Gasteiger partial charge in [0.25, 0.3) is 0 Å². The van der Waals surface area contributed by atoms with Gasteiger partial charge >= 0.3 is 0 Å². The SMILES string of the molecule is CCCCCCCCC(Cc1ccc(C(CCC)c2ccc(N)cc2)cc1)c1ccc(C(CCC)c2ccc(N)cc2)cc1. The van der Waals surface area contributed by atoms with Crippen LogP contribution in [0.4, 0.5) is 11.4 Å². The minimum absolute atomic E-state index is 0.413. The van der Waals surface area contributed by atoms with Crippen LogP contribution in [0.2, 0.25) is 0 Å². The van der Waals surface area contributed by atoms with Gasteiger partial charge in [-0.2, -0.15) is 0 Å². The zero-order valence-electron chi connectivity index (χ0n) is 27.6. The van der Waals surface area contributed by atoms with E-state index in [2.05, 4.69) is 93.6 Å². The van der Waals surface area contributed by atoms with Crippen LogP contribution in [0.15, 0.2) is 97.1 Å². The summed E-state index contributed by atoms with van der Waals surface area (Å²) < 4.78 is 0. The van der Waals surface area contributed by atoms with Crippen LogP contribution in [-0.2, 0) is 6.42 Å². The zero-order valence-corrected chi connectivity index (χ0v) is 27.6. The van der Waals surface area contributed by atoms with Crippen LogP contribution in [0.1, 0.15) is 143 Å². The lowest BCUT2D eigenvalue weighted by Crippen LogP contribution is -2.06. The van der Waals surface area contributed by atoms with Crippen LogP contribution in [0.25, 0.3) is 0 Å². The van der Waals surface area contributed by atoms with Crippen molar-refractivity contribution in [3.05, 3.63) is 130 Å². The van der Waals surface area contributed by atoms with Crippen molar-refractivity contribution in [1.29, 1.82) is 0 Å². The van der Waals surface area contributed by atoms with Gasteiger partial charge < -0.3 is 11.5 Å². The van der Waals surface area contributed by atoms with E-state index < -0.39 is 0 Å². The first kappa shape index (κ1) is 33.4. The number of benzene rings is 4. The van der Waals surface area contributed by atoms with Gasteiger partial charge in [0.15, 0.2) is 0 Å². The summed E-state index contributed by atoms with van der Waals surface area (Å²) in [5.41, 5.74) is 22.1. The van der Waals surface area contributed by atoms with E-state index in [1.54, 1.807) is 0 Å². The number of unbranched alkanes of at least 4 members (excludes halogenated alkanes) is 5. The molecule has 0 bridgehead atoms. The van der Waals surface area contributed by atoms with Gasteiger partial charge in [-0.1, -0.05) is 145 Å². The Morgan fingerprint density at radius 2 is 0.795 bits per heavy atom. The Morgan fingerprint density at radius 3 is 1.25 bits per heavy atom. The second-order valence-corrected chi connectivity index (χ2v) is 12.9. The molecule has 0 aliphatic heterocycles. The second-order valence-electron chi connectivity index (χ2n) is 12.9. The molecule has 4 aromatic carbocycles. The molecule has 0 radical (unpaired) electrons. The normalized spacial score (nSPS) is 13.4. The van der Waals surface area contributed by atoms with Gasteiger partial charge in [0.2, 0.25) is 0 Å². The highest BCUT2D eigenvalue weighted by Crippen LogP contribution is 2.34. The van der Waals surface area contributed by atoms with Crippen molar-refractivity contribution >= 4 is 11.4 Å². The van der Waals surface area contributed by atoms with Crippen LogP contribution in [0, 0.1) is 0 Å². The molecule has 234 valence electrons. The Balaban J connectivity index is 1.52. The third kappa shape index (κ3) is 9.74. The van der Waals surface area contributed by atoms with Gasteiger partial charge in [0.1, 0.15) is 0 Å². The van der Waals surface area contributed by atoms with Crippen LogP contribution < -0.4 is 11.5 Å². The molecule has 0 saturated heterocycles. The number of anilines is 2. The van der Waals surface area contributed by atoms with Crippen molar-refractivity contribution < 1.29 is 0 Å². The average molecular weight is 589 g/mol. The first-order valence-electron chi connectivity index (χ1n) is 17.4. The third-order valence-electron chi connectivity index (χ3n) is 9.41. The molecule has 0 amide bonds. The molecule has 0 spiro atoms. The molecule has 2 heteroatoms. The van der Waals surface area contributed by atoms with E-state index in [1.807, 2.05) is 24.3 Å². The van der Waals surface area contributed by atoms with Gasteiger partial charge in [-0.3, -0.25) is 0 Å². The van der Waals surface area contributed by atoms with E-state index in [0.717, 1.165) is 43.5 Å². The summed E-state index contributed by atoms with van der Waals surface area (Å²) in [5.74, 6) is 1.36. The van der Waals surface area contributed by atoms with E-state index >= 15 is 0 Å². The second kappa shape index (κ2) is 17.7. The largest absolute Gasteiger partial charge is 0.399 e. The molecule has 3 unspecified atom stereocenters. The predicted octanol–water partition coefficient (Wildman–Crippen LogP) is 11.8. The Labute approximate surface area is 268 Å². The third-order valence-corrected chi connectivity index (χ3v) is 9.41. The molecule has 44 heavy (non-hydrogen) atoms. The number of nitrogen functional groups attached to an aromatic ring is 2. The standard InChI is InChI=1S/C42H56N2/c1-4-7-8-9-10-11-14-38(33-19-21-35(22-20-33)42(13-6-3)37-25-29-40(44)30-26-37)31-32-15-17-34(18-16-32)41(12-5-2)36-23-27-39(43)28-24-36/h15-30,38,41-42H,4-14,31,43-44H2,1-3H3. The summed E-state index contributed by atoms with van der Waals surface area (Å²) in [4.78, 5) is 0. The highest BCUT2D eigenvalue weighted by Gasteiger charge is 2.18. The summed E-state index contributed by atoms with van der Waals surface area (Å²) in [6, 6.07) is 36.1. The zero-order chi connectivity index (χ0) is 31.1. The topological polar surface area (TPSA) is 52.0 Å². The quantitative estimate of drug-likeness (QED) is 0.0897. The Kier molecular flexibility index (Phi) is 13.4. The minimum Gasteiger partial charge on any atom is -0.399 e. The fraction of sp³-hybridized carbons (Fsp3) is 0.429. The summed E-state index contributed by atoms with van der Waals surface area (Å²) in [6.07, 6.45) is 15.0. The minimum atomic E-state index is 0.413. The monoisotopic (exact) mass is 588 g/mol. The smallest absolute Gasteiger partial charge is 0.0314 e. The average Bonchev–Trinajstić information content (AvgIpc) is 3.05. The maximum atomic E-state index is 5.99. The van der Waals surface area contributed by atoms with Crippen molar-refractivity contribution in [3.8, 4) is 0 Å². The molecular formula is C42H56N2. The van der Waals surface area contributed by atoms with Crippen LogP contribution in [-0.4, -0.2) is 0 Å². The van der Waals surface area contributed by atoms with Gasteiger partial charge in [-0.05, 0) is 89.2 Å². The van der Waals surface area contributed by atoms with Crippen molar-refractivity contribution in [1.82, 2.24) is 0 Å². The summed E-state index contributed by atoms with van der Waals surface area (Å²) in [5, 5.41) is 0. The van der Waals surface area contributed by atoms with Crippen molar-refractivity contribution in [2.45, 2.75) is 116 Å². The first-order chi connectivity index (χ1) is 21.5. The molecule has 0 aliphatic carbocycles. The van der Waals surface area contributed by atoms with E-state index in [4.69, 9.17) is 11.5 Å². The maximum Gasteiger partial charge on any atom is 0.0314 e. The summed E-state index contributed by atoms with van der Waals surface area (Å²) in [7, 11) is 0. The van der Waals surface area contributed by atoms with Gasteiger partial charge in [-0.25, -0.2) is 0 Å². The van der Waals surface area contributed by atoms with E-state index in [0.29, 0.717) is 17.8 Å². The summed E-state index contributed by atoms with van der Waals surface area (Å²) in [6.45, 7) is 6.85. The van der Waals surface area contributed by atoms with Gasteiger partial charge in [0.05, 0.1) is 0 Å². The molecule has 4 rings (SSSR count). The lowest BCUT2D eigenvalue weighted by atomic mass is 9.83. The number of hydrogen-bond donors (Lipinski definition) is 2. The van der Waals surface area contributed by atoms with E-state index in [1.165, 1.54) is 78.3 Å². The fourth-order valence-electron chi connectivity index (χ4n) is 6.81. The van der Waals surface area contributed by atoms with E-state index in [9.17, 15) is 0 Å². The predicted molar refractivity (Wildman–Crippen MR) is 193 cm³/mol. The fourth-order valence-corrected chi connectivity index (χ4v) is 6.81. The number of nitrogens with two attached hydrogens (primary N) is 2. The lowest BCUT2D eigenvalue weighted by Gasteiger charge is -2.22. The molecule has 0 saturated carbocycles. The highest BCUT2D eigenvalue weighted by atomic mass is 14.5. The molecule has 3 atom stereocenters. The molecule has 0 aliphatic rings. The van der Waals surface area contributed by atoms with Crippen molar-refractivity contribution in [3.63, 3.8) is 0 Å². The van der Waals surface area contributed by atoms with Crippen molar-refractivity contribution in [2.24, 2.45) is 0 Å². The molecule has 0 aromatic heterocycles. The van der Waals surface area contributed by atoms with Gasteiger partial charge in [-0.15, -0.1) is 0 Å². The molecule has 0 heterocycles. The lowest BCUT2D eigenvalue weighted by molar-refractivity contribution is 0.536. The molecule has 4 aromatic rings. The summed E-state index contributed by atoms with van der Waals surface area (Å²) >= 11 is 0. The van der Waals surface area contributed by atoms with Crippen LogP contribution in [0.5, 0.6) is 0 Å². The molecular weight excluding hydrogens is 532 g/mol. The first-order valence-corrected chi connectivity index (χ1v) is 17.4. The van der Waals surface area contributed by atoms with E-state index in [-0.39, 0.29) is 0 Å². The maximum absolute atomic E-state index is 5.99. The number of hydrogen-bond acceptors (Lipinski definition) is 2. The highest BCUT2D eigenvalue weighted by molar-refractivity contribution is 5.44.